The van der Waals surface area contributed by atoms with E-state index in [1.165, 1.54) is 0 Å². The van der Waals surface area contributed by atoms with Crippen molar-refractivity contribution >= 4 is 21.8 Å². The highest BCUT2D eigenvalue weighted by Crippen LogP contribution is 2.26. The molecule has 0 spiro atoms. The van der Waals surface area contributed by atoms with Crippen molar-refractivity contribution in [3.05, 3.63) is 65.2 Å². The smallest absolute Gasteiger partial charge is 0.245 e. The summed E-state index contributed by atoms with van der Waals surface area (Å²) in [5.41, 5.74) is 3.17. The zero-order valence-corrected chi connectivity index (χ0v) is 20.7. The van der Waals surface area contributed by atoms with E-state index in [4.69, 9.17) is 0 Å². The van der Waals surface area contributed by atoms with Crippen LogP contribution in [0.3, 0.4) is 0 Å². The second-order valence-corrected chi connectivity index (χ2v) is 11.3. The van der Waals surface area contributed by atoms with Crippen molar-refractivity contribution in [3.8, 4) is 0 Å². The highest BCUT2D eigenvalue weighted by molar-refractivity contribution is 7.89. The van der Waals surface area contributed by atoms with Gasteiger partial charge in [0.25, 0.3) is 0 Å². The lowest BCUT2D eigenvalue weighted by Gasteiger charge is -2.36. The van der Waals surface area contributed by atoms with Crippen molar-refractivity contribution in [3.63, 3.8) is 0 Å². The molecule has 0 aliphatic carbocycles. The third-order valence-electron chi connectivity index (χ3n) is 6.81. The molecule has 2 aromatic rings. The number of nitrogens with one attached hydrogen (secondary N) is 1. The summed E-state index contributed by atoms with van der Waals surface area (Å²) < 4.78 is 28.0. The standard InChI is InChI=1S/C26H33N3O4S/c1-19-5-9-21(10-6-19)18-29-24(13-14-25(29)30)26(31)28-15-3-4-22(17-28)16-27-34(32,33)23-11-7-20(2)8-12-23/h5-12,22,24,27H,3-4,13-18H2,1-2H3/t22-,24-/m0/s1. The predicted octanol–water partition coefficient (Wildman–Crippen LogP) is 3.01. The van der Waals surface area contributed by atoms with Crippen LogP contribution in [0.5, 0.6) is 0 Å². The lowest BCUT2D eigenvalue weighted by molar-refractivity contribution is -0.143. The van der Waals surface area contributed by atoms with E-state index in [-0.39, 0.29) is 29.2 Å². The zero-order valence-electron chi connectivity index (χ0n) is 19.9. The molecule has 1 N–H and O–H groups in total. The average Bonchev–Trinajstić information content (AvgIpc) is 3.19. The van der Waals surface area contributed by atoms with Crippen LogP contribution in [0.2, 0.25) is 0 Å². The van der Waals surface area contributed by atoms with Crippen LogP contribution in [0.1, 0.15) is 42.4 Å². The maximum Gasteiger partial charge on any atom is 0.245 e. The summed E-state index contributed by atoms with van der Waals surface area (Å²) >= 11 is 0. The third-order valence-corrected chi connectivity index (χ3v) is 8.25. The zero-order chi connectivity index (χ0) is 24.3. The topological polar surface area (TPSA) is 86.8 Å². The third kappa shape index (κ3) is 5.67. The number of amides is 2. The molecular weight excluding hydrogens is 450 g/mol. The first-order valence-electron chi connectivity index (χ1n) is 11.9. The maximum atomic E-state index is 13.4. The van der Waals surface area contributed by atoms with Gasteiger partial charge in [0, 0.05) is 32.6 Å². The van der Waals surface area contributed by atoms with Gasteiger partial charge in [0.05, 0.1) is 4.90 Å². The summed E-state index contributed by atoms with van der Waals surface area (Å²) in [4.78, 5) is 29.7. The number of sulfonamides is 1. The van der Waals surface area contributed by atoms with Gasteiger partial charge in [-0.05, 0) is 56.7 Å². The number of hydrogen-bond donors (Lipinski definition) is 1. The molecule has 2 atom stereocenters. The summed E-state index contributed by atoms with van der Waals surface area (Å²) in [6, 6.07) is 14.3. The molecule has 2 aliphatic rings. The molecule has 2 fully saturated rings. The molecule has 2 saturated heterocycles. The van der Waals surface area contributed by atoms with Crippen LogP contribution in [0.25, 0.3) is 0 Å². The van der Waals surface area contributed by atoms with Gasteiger partial charge >= 0.3 is 0 Å². The van der Waals surface area contributed by atoms with Gasteiger partial charge in [0.15, 0.2) is 0 Å². The maximum absolute atomic E-state index is 13.4. The number of nitrogens with zero attached hydrogens (tertiary/aromatic N) is 2. The Labute approximate surface area is 202 Å². The van der Waals surface area contributed by atoms with Crippen molar-refractivity contribution in [2.45, 2.75) is 57.0 Å². The number of hydrogen-bond acceptors (Lipinski definition) is 4. The molecule has 8 heteroatoms. The van der Waals surface area contributed by atoms with E-state index in [9.17, 15) is 18.0 Å². The predicted molar refractivity (Wildman–Crippen MR) is 130 cm³/mol. The van der Waals surface area contributed by atoms with Gasteiger partial charge in [-0.25, -0.2) is 13.1 Å². The molecule has 2 heterocycles. The van der Waals surface area contributed by atoms with Gasteiger partial charge in [0.2, 0.25) is 21.8 Å². The molecular formula is C26H33N3O4S. The second kappa shape index (κ2) is 10.3. The van der Waals surface area contributed by atoms with Crippen molar-refractivity contribution in [2.24, 2.45) is 5.92 Å². The Kier molecular flexibility index (Phi) is 7.38. The number of aryl methyl sites for hydroxylation is 2. The molecule has 7 nitrogen and oxygen atoms in total. The van der Waals surface area contributed by atoms with Gasteiger partial charge < -0.3 is 9.80 Å². The minimum absolute atomic E-state index is 0.0124. The van der Waals surface area contributed by atoms with Gasteiger partial charge in [-0.15, -0.1) is 0 Å². The van der Waals surface area contributed by atoms with E-state index < -0.39 is 16.1 Å². The summed E-state index contributed by atoms with van der Waals surface area (Å²) in [7, 11) is -3.59. The van der Waals surface area contributed by atoms with E-state index in [2.05, 4.69) is 4.72 Å². The number of benzene rings is 2. The first kappa shape index (κ1) is 24.4. The second-order valence-electron chi connectivity index (χ2n) is 9.52. The Morgan fingerprint density at radius 1 is 1.00 bits per heavy atom. The Hall–Kier alpha value is -2.71. The normalized spacial score (nSPS) is 21.2. The van der Waals surface area contributed by atoms with Crippen LogP contribution in [-0.2, 0) is 26.2 Å². The molecule has 0 saturated carbocycles. The molecule has 4 rings (SSSR count). The quantitative estimate of drug-likeness (QED) is 0.656. The van der Waals surface area contributed by atoms with Gasteiger partial charge in [-0.3, -0.25) is 9.59 Å². The largest absolute Gasteiger partial charge is 0.341 e. The van der Waals surface area contributed by atoms with E-state index in [0.717, 1.165) is 29.5 Å². The Bertz CT molecular complexity index is 1130. The number of rotatable bonds is 7. The SMILES string of the molecule is Cc1ccc(CN2C(=O)CC[C@H]2C(=O)N2CCC[C@@H](CNS(=O)(=O)c3ccc(C)cc3)C2)cc1. The summed E-state index contributed by atoms with van der Waals surface area (Å²) in [6.45, 7) is 5.79. The van der Waals surface area contributed by atoms with Gasteiger partial charge in [0.1, 0.15) is 6.04 Å². The van der Waals surface area contributed by atoms with E-state index in [0.29, 0.717) is 32.5 Å². The van der Waals surface area contributed by atoms with Gasteiger partial charge in [-0.1, -0.05) is 47.5 Å². The molecule has 2 aliphatic heterocycles. The van der Waals surface area contributed by atoms with Crippen LogP contribution in [0.4, 0.5) is 0 Å². The molecule has 0 aromatic heterocycles. The van der Waals surface area contributed by atoms with Crippen LogP contribution in [0, 0.1) is 19.8 Å². The van der Waals surface area contributed by atoms with Crippen molar-refractivity contribution in [2.75, 3.05) is 19.6 Å². The highest BCUT2D eigenvalue weighted by Gasteiger charge is 2.39. The van der Waals surface area contributed by atoms with E-state index >= 15 is 0 Å². The Morgan fingerprint density at radius 2 is 1.65 bits per heavy atom. The van der Waals surface area contributed by atoms with Crippen molar-refractivity contribution in [1.29, 1.82) is 0 Å². The molecule has 2 amide bonds. The molecule has 182 valence electrons. The van der Waals surface area contributed by atoms with Crippen LogP contribution in [0.15, 0.2) is 53.4 Å². The van der Waals surface area contributed by atoms with Crippen molar-refractivity contribution < 1.29 is 18.0 Å². The van der Waals surface area contributed by atoms with Crippen LogP contribution in [-0.4, -0.2) is 55.7 Å². The lowest BCUT2D eigenvalue weighted by atomic mass is 9.97. The number of likely N-dealkylation sites (tertiary alicyclic amines) is 2. The summed E-state index contributed by atoms with van der Waals surface area (Å²) in [5.74, 6) is 0.0305. The first-order chi connectivity index (χ1) is 16.2. The monoisotopic (exact) mass is 483 g/mol. The fourth-order valence-electron chi connectivity index (χ4n) is 4.75. The molecule has 2 aromatic carbocycles. The summed E-state index contributed by atoms with van der Waals surface area (Å²) in [5, 5.41) is 0. The Morgan fingerprint density at radius 3 is 2.32 bits per heavy atom. The highest BCUT2D eigenvalue weighted by atomic mass is 32.2. The van der Waals surface area contributed by atoms with E-state index in [1.54, 1.807) is 29.2 Å². The fourth-order valence-corrected chi connectivity index (χ4v) is 5.87. The van der Waals surface area contributed by atoms with Gasteiger partial charge in [-0.2, -0.15) is 0 Å². The number of carbonyl (C=O) groups is 2. The number of carbonyl (C=O) groups excluding carboxylic acids is 2. The molecule has 0 bridgehead atoms. The summed E-state index contributed by atoms with van der Waals surface area (Å²) in [6.07, 6.45) is 2.60. The number of piperidine rings is 1. The minimum atomic E-state index is -3.59. The van der Waals surface area contributed by atoms with Crippen LogP contribution >= 0.6 is 0 Å². The van der Waals surface area contributed by atoms with Crippen molar-refractivity contribution in [1.82, 2.24) is 14.5 Å². The lowest BCUT2D eigenvalue weighted by Crippen LogP contribution is -2.50. The minimum Gasteiger partial charge on any atom is -0.341 e. The molecule has 34 heavy (non-hydrogen) atoms. The molecule has 0 radical (unpaired) electrons. The molecule has 0 unspecified atom stereocenters. The average molecular weight is 484 g/mol. The van der Waals surface area contributed by atoms with Crippen LogP contribution < -0.4 is 4.72 Å². The fraction of sp³-hybridized carbons (Fsp3) is 0.462. The Balaban J connectivity index is 1.37. The van der Waals surface area contributed by atoms with E-state index in [1.807, 2.05) is 43.0 Å². The first-order valence-corrected chi connectivity index (χ1v) is 13.4.